The molecule has 10 heavy (non-hydrogen) atoms. The Bertz CT molecular complexity index is 172. The molecule has 1 nitrogen and oxygen atoms in total. The zero-order valence-electron chi connectivity index (χ0n) is 6.17. The van der Waals surface area contributed by atoms with Crippen LogP contribution in [-0.2, 0) is 4.74 Å². The molecule has 1 aliphatic rings. The third kappa shape index (κ3) is 1.61. The summed E-state index contributed by atoms with van der Waals surface area (Å²) in [4.78, 5) is 0. The topological polar surface area (TPSA) is 9.23 Å². The lowest BCUT2D eigenvalue weighted by Crippen LogP contribution is -2.17. The summed E-state index contributed by atoms with van der Waals surface area (Å²) < 4.78 is 5.16. The molecule has 56 valence electrons. The van der Waals surface area contributed by atoms with Crippen molar-refractivity contribution in [1.82, 2.24) is 0 Å². The van der Waals surface area contributed by atoms with E-state index in [1.165, 1.54) is 0 Å². The minimum atomic E-state index is 0.197. The number of halogens is 1. The normalized spacial score (nSPS) is 32.1. The fourth-order valence-electron chi connectivity index (χ4n) is 1.06. The second-order valence-corrected chi connectivity index (χ2v) is 2.91. The molecule has 0 aromatic carbocycles. The first kappa shape index (κ1) is 7.83. The molecule has 0 saturated carbocycles. The maximum absolute atomic E-state index is 5.75. The van der Waals surface area contributed by atoms with Crippen molar-refractivity contribution in [1.29, 1.82) is 0 Å². The van der Waals surface area contributed by atoms with Crippen LogP contribution in [0.1, 0.15) is 6.92 Å². The number of allylic oxidation sites excluding steroid dienone is 2. The van der Waals surface area contributed by atoms with Gasteiger partial charge in [-0.3, -0.25) is 0 Å². The smallest absolute Gasteiger partial charge is 0.0816 e. The molecule has 2 heteroatoms. The van der Waals surface area contributed by atoms with Gasteiger partial charge in [0.15, 0.2) is 0 Å². The molecule has 0 fully saturated rings. The first-order valence-electron chi connectivity index (χ1n) is 3.32. The van der Waals surface area contributed by atoms with Crippen molar-refractivity contribution in [2.45, 2.75) is 13.0 Å². The number of rotatable bonds is 1. The summed E-state index contributed by atoms with van der Waals surface area (Å²) in [6.07, 6.45) is 6.04. The van der Waals surface area contributed by atoms with Crippen molar-refractivity contribution in [3.63, 3.8) is 0 Å². The third-order valence-electron chi connectivity index (χ3n) is 1.66. The molecule has 1 rings (SSSR count). The third-order valence-corrected chi connectivity index (χ3v) is 1.91. The molecule has 0 bridgehead atoms. The van der Waals surface area contributed by atoms with E-state index < -0.39 is 0 Å². The van der Waals surface area contributed by atoms with E-state index in [2.05, 4.69) is 6.92 Å². The van der Waals surface area contributed by atoms with Gasteiger partial charge < -0.3 is 4.74 Å². The van der Waals surface area contributed by atoms with Gasteiger partial charge in [0.05, 0.1) is 6.10 Å². The van der Waals surface area contributed by atoms with Crippen LogP contribution in [0.15, 0.2) is 23.3 Å². The molecule has 0 aromatic heterocycles. The van der Waals surface area contributed by atoms with Crippen LogP contribution >= 0.6 is 11.6 Å². The Morgan fingerprint density at radius 1 is 1.60 bits per heavy atom. The summed E-state index contributed by atoms with van der Waals surface area (Å²) in [6, 6.07) is 0. The van der Waals surface area contributed by atoms with E-state index in [1.54, 1.807) is 7.11 Å². The van der Waals surface area contributed by atoms with Crippen molar-refractivity contribution in [2.75, 3.05) is 7.11 Å². The predicted molar refractivity (Wildman–Crippen MR) is 43.0 cm³/mol. The molecule has 1 aliphatic carbocycles. The van der Waals surface area contributed by atoms with E-state index in [4.69, 9.17) is 16.3 Å². The Morgan fingerprint density at radius 2 is 2.30 bits per heavy atom. The van der Waals surface area contributed by atoms with Gasteiger partial charge in [0.25, 0.3) is 0 Å². The molecule has 0 aliphatic heterocycles. The van der Waals surface area contributed by atoms with Gasteiger partial charge >= 0.3 is 0 Å². The van der Waals surface area contributed by atoms with Gasteiger partial charge in [-0.2, -0.15) is 0 Å². The van der Waals surface area contributed by atoms with Crippen molar-refractivity contribution in [3.05, 3.63) is 23.3 Å². The van der Waals surface area contributed by atoms with E-state index in [-0.39, 0.29) is 6.10 Å². The number of methoxy groups -OCH3 is 1. The standard InChI is InChI=1S/C8H11ClO/c1-6-5-7(9)3-4-8(6)10-2/h3-6,8H,1-2H3. The van der Waals surface area contributed by atoms with Crippen molar-refractivity contribution < 1.29 is 4.74 Å². The molecule has 0 N–H and O–H groups in total. The molecule has 2 unspecified atom stereocenters. The van der Waals surface area contributed by atoms with Gasteiger partial charge in [0.1, 0.15) is 0 Å². The second kappa shape index (κ2) is 3.22. The SMILES string of the molecule is COC1C=CC(Cl)=CC1C. The van der Waals surface area contributed by atoms with Crippen LogP contribution in [0.5, 0.6) is 0 Å². The van der Waals surface area contributed by atoms with Gasteiger partial charge in [-0.15, -0.1) is 0 Å². The Hall–Kier alpha value is -0.270. The molecule has 0 amide bonds. The fraction of sp³-hybridized carbons (Fsp3) is 0.500. The highest BCUT2D eigenvalue weighted by Crippen LogP contribution is 2.20. The summed E-state index contributed by atoms with van der Waals surface area (Å²) in [5.41, 5.74) is 0. The van der Waals surface area contributed by atoms with Crippen molar-refractivity contribution in [3.8, 4) is 0 Å². The zero-order chi connectivity index (χ0) is 7.56. The zero-order valence-corrected chi connectivity index (χ0v) is 6.93. The van der Waals surface area contributed by atoms with Gasteiger partial charge in [-0.05, 0) is 6.08 Å². The molecule has 0 radical (unpaired) electrons. The van der Waals surface area contributed by atoms with Gasteiger partial charge in [-0.1, -0.05) is 30.7 Å². The summed E-state index contributed by atoms with van der Waals surface area (Å²) in [6.45, 7) is 2.08. The second-order valence-electron chi connectivity index (χ2n) is 2.47. The quantitative estimate of drug-likeness (QED) is 0.569. The summed E-state index contributed by atoms with van der Waals surface area (Å²) >= 11 is 5.75. The molecule has 0 heterocycles. The minimum Gasteiger partial charge on any atom is -0.377 e. The monoisotopic (exact) mass is 158 g/mol. The maximum Gasteiger partial charge on any atom is 0.0816 e. The maximum atomic E-state index is 5.75. The van der Waals surface area contributed by atoms with Crippen LogP contribution < -0.4 is 0 Å². The predicted octanol–water partition coefficient (Wildman–Crippen LogP) is 2.33. The van der Waals surface area contributed by atoms with Gasteiger partial charge in [-0.25, -0.2) is 0 Å². The molecular weight excluding hydrogens is 148 g/mol. The lowest BCUT2D eigenvalue weighted by atomic mass is 10.00. The van der Waals surface area contributed by atoms with Crippen LogP contribution in [0.4, 0.5) is 0 Å². The van der Waals surface area contributed by atoms with Crippen molar-refractivity contribution >= 4 is 11.6 Å². The van der Waals surface area contributed by atoms with Crippen molar-refractivity contribution in [2.24, 2.45) is 5.92 Å². The van der Waals surface area contributed by atoms with E-state index in [0.717, 1.165) is 5.03 Å². The molecule has 0 saturated heterocycles. The fourth-order valence-corrected chi connectivity index (χ4v) is 1.33. The highest BCUT2D eigenvalue weighted by Gasteiger charge is 2.14. The van der Waals surface area contributed by atoms with Crippen LogP contribution in [0.25, 0.3) is 0 Å². The Kier molecular flexibility index (Phi) is 2.52. The average Bonchev–Trinajstić information content (AvgIpc) is 1.88. The Balaban J connectivity index is 2.64. The van der Waals surface area contributed by atoms with Crippen LogP contribution in [-0.4, -0.2) is 13.2 Å². The molecule has 0 aromatic rings. The average molecular weight is 159 g/mol. The van der Waals surface area contributed by atoms with E-state index in [1.807, 2.05) is 18.2 Å². The number of ether oxygens (including phenoxy) is 1. The largest absolute Gasteiger partial charge is 0.377 e. The van der Waals surface area contributed by atoms with Crippen LogP contribution in [0.3, 0.4) is 0 Å². The molecular formula is C8H11ClO. The summed E-state index contributed by atoms with van der Waals surface area (Å²) in [7, 11) is 1.71. The lowest BCUT2D eigenvalue weighted by molar-refractivity contribution is 0.111. The van der Waals surface area contributed by atoms with Gasteiger partial charge in [0, 0.05) is 18.1 Å². The van der Waals surface area contributed by atoms with Gasteiger partial charge in [0.2, 0.25) is 0 Å². The molecule has 2 atom stereocenters. The Labute approximate surface area is 66.3 Å². The van der Waals surface area contributed by atoms with E-state index >= 15 is 0 Å². The minimum absolute atomic E-state index is 0.197. The summed E-state index contributed by atoms with van der Waals surface area (Å²) in [5, 5.41) is 0.806. The lowest BCUT2D eigenvalue weighted by Gasteiger charge is -2.19. The van der Waals surface area contributed by atoms with Crippen LogP contribution in [0, 0.1) is 5.92 Å². The number of hydrogen-bond donors (Lipinski definition) is 0. The number of hydrogen-bond acceptors (Lipinski definition) is 1. The Morgan fingerprint density at radius 3 is 2.80 bits per heavy atom. The first-order chi connectivity index (χ1) is 4.74. The summed E-state index contributed by atoms with van der Waals surface area (Å²) in [5.74, 6) is 0.391. The van der Waals surface area contributed by atoms with Crippen LogP contribution in [0.2, 0.25) is 0 Å². The molecule has 0 spiro atoms. The highest BCUT2D eigenvalue weighted by atomic mass is 35.5. The van der Waals surface area contributed by atoms with E-state index in [9.17, 15) is 0 Å². The highest BCUT2D eigenvalue weighted by molar-refractivity contribution is 6.31. The first-order valence-corrected chi connectivity index (χ1v) is 3.70. The van der Waals surface area contributed by atoms with E-state index in [0.29, 0.717) is 5.92 Å².